The number of hydrazone groups is 1. The molecule has 0 bridgehead atoms. The van der Waals surface area contributed by atoms with Gasteiger partial charge in [0.25, 0.3) is 0 Å². The van der Waals surface area contributed by atoms with E-state index in [0.717, 1.165) is 0 Å². The predicted octanol–water partition coefficient (Wildman–Crippen LogP) is 4.13. The molecular formula is C19H14Cl2N4O5. The molecule has 0 aliphatic rings. The molecule has 1 amide bonds. The third kappa shape index (κ3) is 5.88. The van der Waals surface area contributed by atoms with E-state index < -0.39 is 17.8 Å². The average molecular weight is 449 g/mol. The number of phenols is 1. The van der Waals surface area contributed by atoms with Gasteiger partial charge in [-0.3, -0.25) is 5.43 Å². The van der Waals surface area contributed by atoms with Crippen molar-refractivity contribution in [3.05, 3.63) is 58.6 Å². The lowest BCUT2D eigenvalue weighted by Gasteiger charge is -2.13. The number of nitriles is 1. The molecule has 30 heavy (non-hydrogen) atoms. The third-order valence-electron chi connectivity index (χ3n) is 3.42. The SMILES string of the molecule is C=CCc1cc(Oc2c(Cl)cc(NN=C(C#N)C(=O)OC(N)=O)cc2Cl)ccc1O. The number of nitrogens with two attached hydrogens (primary N) is 1. The number of hydrogen-bond acceptors (Lipinski definition) is 8. The van der Waals surface area contributed by atoms with E-state index in [1.807, 2.05) is 0 Å². The lowest BCUT2D eigenvalue weighted by Crippen LogP contribution is -2.24. The first-order valence-electron chi connectivity index (χ1n) is 8.10. The summed E-state index contributed by atoms with van der Waals surface area (Å²) in [7, 11) is 0. The summed E-state index contributed by atoms with van der Waals surface area (Å²) < 4.78 is 9.79. The summed E-state index contributed by atoms with van der Waals surface area (Å²) in [5.74, 6) is -0.706. The Bertz CT molecular complexity index is 1060. The Kier molecular flexibility index (Phi) is 7.63. The van der Waals surface area contributed by atoms with Crippen LogP contribution in [0.4, 0.5) is 10.5 Å². The number of phenolic OH excluding ortho intramolecular Hbond substituents is 1. The first kappa shape index (κ1) is 22.5. The molecule has 2 aromatic rings. The molecule has 0 aromatic heterocycles. The Morgan fingerprint density at radius 1 is 1.30 bits per heavy atom. The molecule has 0 saturated heterocycles. The molecule has 0 saturated carbocycles. The Morgan fingerprint density at radius 3 is 2.53 bits per heavy atom. The second-order valence-corrected chi connectivity index (χ2v) is 6.36. The van der Waals surface area contributed by atoms with E-state index in [0.29, 0.717) is 17.7 Å². The number of aromatic hydroxyl groups is 1. The number of allylic oxidation sites excluding steroid dienone is 1. The van der Waals surface area contributed by atoms with Gasteiger partial charge in [0.2, 0.25) is 5.71 Å². The highest BCUT2D eigenvalue weighted by molar-refractivity contribution is 6.44. The number of ether oxygens (including phenoxy) is 2. The summed E-state index contributed by atoms with van der Waals surface area (Å²) in [5.41, 5.74) is 7.19. The Labute approximate surface area is 180 Å². The van der Waals surface area contributed by atoms with E-state index >= 15 is 0 Å². The lowest BCUT2D eigenvalue weighted by atomic mass is 10.1. The highest BCUT2D eigenvalue weighted by Crippen LogP contribution is 2.39. The highest BCUT2D eigenvalue weighted by Gasteiger charge is 2.16. The molecule has 0 unspecified atom stereocenters. The highest BCUT2D eigenvalue weighted by atomic mass is 35.5. The molecule has 0 atom stereocenters. The number of anilines is 1. The molecule has 9 nitrogen and oxygen atoms in total. The fourth-order valence-electron chi connectivity index (χ4n) is 2.16. The summed E-state index contributed by atoms with van der Waals surface area (Å²) >= 11 is 12.4. The first-order valence-corrected chi connectivity index (χ1v) is 8.85. The van der Waals surface area contributed by atoms with Crippen LogP contribution in [-0.4, -0.2) is 22.9 Å². The Hall–Kier alpha value is -3.74. The summed E-state index contributed by atoms with van der Waals surface area (Å²) in [6.45, 7) is 3.63. The summed E-state index contributed by atoms with van der Waals surface area (Å²) in [6.07, 6.45) is 0.695. The summed E-state index contributed by atoms with van der Waals surface area (Å²) in [5, 5.41) is 22.5. The minimum Gasteiger partial charge on any atom is -0.508 e. The number of nitrogens with zero attached hydrogens (tertiary/aromatic N) is 2. The van der Waals surface area contributed by atoms with Crippen molar-refractivity contribution in [1.29, 1.82) is 5.26 Å². The number of rotatable bonds is 7. The number of carbonyl (C=O) groups is 2. The number of primary amides is 1. The lowest BCUT2D eigenvalue weighted by molar-refractivity contribution is -0.129. The molecule has 0 heterocycles. The van der Waals surface area contributed by atoms with Crippen LogP contribution >= 0.6 is 23.2 Å². The first-order chi connectivity index (χ1) is 14.2. The summed E-state index contributed by atoms with van der Waals surface area (Å²) in [4.78, 5) is 22.1. The van der Waals surface area contributed by atoms with Crippen molar-refractivity contribution in [3.63, 3.8) is 0 Å². The molecule has 2 aromatic carbocycles. The molecule has 0 aliphatic heterocycles. The number of esters is 1. The second-order valence-electron chi connectivity index (χ2n) is 5.55. The molecule has 154 valence electrons. The van der Waals surface area contributed by atoms with Crippen molar-refractivity contribution >= 4 is 46.7 Å². The van der Waals surface area contributed by atoms with Gasteiger partial charge in [0, 0.05) is 5.56 Å². The van der Waals surface area contributed by atoms with Crippen molar-refractivity contribution in [2.75, 3.05) is 5.43 Å². The van der Waals surface area contributed by atoms with Gasteiger partial charge in [-0.15, -0.1) is 6.58 Å². The maximum atomic E-state index is 11.5. The normalized spacial score (nSPS) is 10.6. The van der Waals surface area contributed by atoms with Gasteiger partial charge in [0.15, 0.2) is 5.75 Å². The molecule has 4 N–H and O–H groups in total. The van der Waals surface area contributed by atoms with Crippen LogP contribution in [-0.2, 0) is 16.0 Å². The number of amides is 1. The topological polar surface area (TPSA) is 147 Å². The van der Waals surface area contributed by atoms with Crippen molar-refractivity contribution < 1.29 is 24.2 Å². The van der Waals surface area contributed by atoms with Crippen molar-refractivity contribution in [1.82, 2.24) is 0 Å². The smallest absolute Gasteiger partial charge is 0.412 e. The third-order valence-corrected chi connectivity index (χ3v) is 3.98. The van der Waals surface area contributed by atoms with Crippen molar-refractivity contribution in [3.8, 4) is 23.3 Å². The predicted molar refractivity (Wildman–Crippen MR) is 111 cm³/mol. The Balaban J connectivity index is 2.23. The summed E-state index contributed by atoms with van der Waals surface area (Å²) in [6, 6.07) is 8.84. The van der Waals surface area contributed by atoms with Crippen LogP contribution in [0, 0.1) is 11.3 Å². The molecular weight excluding hydrogens is 435 g/mol. The number of halogens is 2. The van der Waals surface area contributed by atoms with E-state index in [-0.39, 0.29) is 27.2 Å². The Morgan fingerprint density at radius 2 is 1.97 bits per heavy atom. The van der Waals surface area contributed by atoms with E-state index in [1.165, 1.54) is 30.3 Å². The number of hydrogen-bond donors (Lipinski definition) is 3. The number of carbonyl (C=O) groups excluding carboxylic acids is 2. The zero-order valence-electron chi connectivity index (χ0n) is 15.2. The fourth-order valence-corrected chi connectivity index (χ4v) is 2.72. The van der Waals surface area contributed by atoms with Gasteiger partial charge in [0.05, 0.1) is 15.7 Å². The van der Waals surface area contributed by atoms with E-state index in [1.54, 1.807) is 12.1 Å². The molecule has 0 radical (unpaired) electrons. The van der Waals surface area contributed by atoms with Crippen LogP contribution in [0.3, 0.4) is 0 Å². The molecule has 0 aliphatic carbocycles. The minimum atomic E-state index is -1.37. The van der Waals surface area contributed by atoms with Crippen LogP contribution in [0.5, 0.6) is 17.2 Å². The van der Waals surface area contributed by atoms with Crippen LogP contribution in [0.25, 0.3) is 0 Å². The molecule has 11 heteroatoms. The number of benzene rings is 2. The van der Waals surface area contributed by atoms with Gasteiger partial charge in [-0.25, -0.2) is 9.59 Å². The van der Waals surface area contributed by atoms with E-state index in [4.69, 9.17) is 38.9 Å². The standard InChI is InChI=1S/C19H14Cl2N4O5/c1-2-3-10-6-12(4-5-16(10)26)29-17-13(20)7-11(8-14(17)21)24-25-15(9-22)18(27)30-19(23)28/h2,4-8,24,26H,1,3H2,(H2,23,28). The monoisotopic (exact) mass is 448 g/mol. The fraction of sp³-hybridized carbons (Fsp3) is 0.0526. The van der Waals surface area contributed by atoms with Gasteiger partial charge in [0.1, 0.15) is 17.6 Å². The maximum Gasteiger partial charge on any atom is 0.412 e. The van der Waals surface area contributed by atoms with Crippen molar-refractivity contribution in [2.24, 2.45) is 10.8 Å². The second kappa shape index (κ2) is 10.2. The van der Waals surface area contributed by atoms with Gasteiger partial charge in [-0.05, 0) is 36.8 Å². The van der Waals surface area contributed by atoms with Crippen LogP contribution in [0.15, 0.2) is 48.1 Å². The largest absolute Gasteiger partial charge is 0.508 e. The molecule has 0 fully saturated rings. The number of nitrogens with one attached hydrogen (secondary N) is 1. The van der Waals surface area contributed by atoms with Crippen LogP contribution in [0.2, 0.25) is 10.0 Å². The van der Waals surface area contributed by atoms with Crippen LogP contribution in [0.1, 0.15) is 5.56 Å². The van der Waals surface area contributed by atoms with Gasteiger partial charge in [-0.2, -0.15) is 10.4 Å². The van der Waals surface area contributed by atoms with Crippen molar-refractivity contribution in [2.45, 2.75) is 6.42 Å². The minimum absolute atomic E-state index is 0.0942. The van der Waals surface area contributed by atoms with Gasteiger partial charge >= 0.3 is 12.1 Å². The molecule has 2 rings (SSSR count). The molecule has 0 spiro atoms. The van der Waals surface area contributed by atoms with Gasteiger partial charge < -0.3 is 20.3 Å². The zero-order valence-corrected chi connectivity index (χ0v) is 16.7. The zero-order chi connectivity index (χ0) is 22.3. The quantitative estimate of drug-likeness (QED) is 0.189. The van der Waals surface area contributed by atoms with E-state index in [9.17, 15) is 14.7 Å². The maximum absolute atomic E-state index is 11.5. The van der Waals surface area contributed by atoms with Crippen LogP contribution < -0.4 is 15.9 Å². The van der Waals surface area contributed by atoms with Gasteiger partial charge in [-0.1, -0.05) is 29.3 Å². The average Bonchev–Trinajstić information content (AvgIpc) is 2.67. The van der Waals surface area contributed by atoms with E-state index in [2.05, 4.69) is 21.8 Å².